The Kier molecular flexibility index (Phi) is 23.1. The van der Waals surface area contributed by atoms with Crippen LogP contribution in [0.1, 0.15) is 38.9 Å². The molecular formula is C105H88. The lowest BCUT2D eigenvalue weighted by molar-refractivity contribution is 1.50. The second-order valence-corrected chi connectivity index (χ2v) is 27.2. The van der Waals surface area contributed by atoms with Gasteiger partial charge in [-0.15, -0.1) is 0 Å². The van der Waals surface area contributed by atoms with Gasteiger partial charge in [0.05, 0.1) is 0 Å². The molecule has 0 aliphatic rings. The lowest BCUT2D eigenvalue weighted by Gasteiger charge is -2.09. The lowest BCUT2D eigenvalue weighted by Crippen LogP contribution is -1.83. The van der Waals surface area contributed by atoms with E-state index in [2.05, 4.69) is 449 Å². The van der Waals surface area contributed by atoms with Crippen LogP contribution in [0.25, 0.3) is 131 Å². The first-order valence-electron chi connectivity index (χ1n) is 36.4. The van der Waals surface area contributed by atoms with Gasteiger partial charge in [-0.3, -0.25) is 0 Å². The van der Waals surface area contributed by atoms with E-state index in [1.807, 2.05) is 6.07 Å². The summed E-state index contributed by atoms with van der Waals surface area (Å²) < 4.78 is 0. The van der Waals surface area contributed by atoms with Crippen LogP contribution in [0.4, 0.5) is 0 Å². The van der Waals surface area contributed by atoms with Gasteiger partial charge in [0, 0.05) is 0 Å². The Labute approximate surface area is 620 Å². The molecule has 19 rings (SSSR count). The molecule has 105 heavy (non-hydrogen) atoms. The first-order chi connectivity index (χ1) is 51.5. The monoisotopic (exact) mass is 1350 g/mol. The van der Waals surface area contributed by atoms with Gasteiger partial charge in [0.2, 0.25) is 0 Å². The van der Waals surface area contributed by atoms with E-state index >= 15 is 0 Å². The molecule has 0 aliphatic carbocycles. The number of rotatable bonds is 4. The van der Waals surface area contributed by atoms with Crippen molar-refractivity contribution < 1.29 is 0 Å². The smallest absolute Gasteiger partial charge is 0.0103 e. The Hall–Kier alpha value is -12.7. The molecule has 0 heterocycles. The highest BCUT2D eigenvalue weighted by atomic mass is 14.1. The molecule has 0 unspecified atom stereocenters. The SMILES string of the molecule is Cc1cc2ccccc2c2ccccc12.Cc1ccc(-c2ccccc2)c2ccccc12.Cc1ccc2cc(-c3ccccc3)ccc2c1.Cc1ccc2ccc(-c3ccccc3)cc2c1.Cc1ccc2ccccc2c1.Cc1cccc2c(-c3ccccc3)cccc12.Cc1cccc2ccccc12. The average molecular weight is 1350 g/mol. The highest BCUT2D eigenvalue weighted by molar-refractivity contribution is 6.09. The minimum atomic E-state index is 1.27. The Balaban J connectivity index is 0.000000109. The Morgan fingerprint density at radius 2 is 0.438 bits per heavy atom. The molecule has 0 radical (unpaired) electrons. The van der Waals surface area contributed by atoms with Gasteiger partial charge in [-0.1, -0.05) is 411 Å². The summed E-state index contributed by atoms with van der Waals surface area (Å²) >= 11 is 0. The van der Waals surface area contributed by atoms with Crippen molar-refractivity contribution in [2.75, 3.05) is 0 Å². The number of hydrogen-bond donors (Lipinski definition) is 0. The van der Waals surface area contributed by atoms with Crippen LogP contribution < -0.4 is 0 Å². The molecule has 0 saturated heterocycles. The number of benzene rings is 19. The predicted octanol–water partition coefficient (Wildman–Crippen LogP) is 29.9. The van der Waals surface area contributed by atoms with Crippen molar-refractivity contribution in [3.8, 4) is 44.5 Å². The number of aryl methyl sites for hydroxylation is 7. The zero-order valence-electron chi connectivity index (χ0n) is 61.2. The van der Waals surface area contributed by atoms with Crippen LogP contribution in [0.5, 0.6) is 0 Å². The second kappa shape index (κ2) is 34.3. The molecule has 0 bridgehead atoms. The summed E-state index contributed by atoms with van der Waals surface area (Å²) in [5.41, 5.74) is 19.6. The van der Waals surface area contributed by atoms with Gasteiger partial charge >= 0.3 is 0 Å². The van der Waals surface area contributed by atoms with E-state index in [9.17, 15) is 0 Å². The maximum absolute atomic E-state index is 2.26. The summed E-state index contributed by atoms with van der Waals surface area (Å²) in [6, 6.07) is 144. The highest BCUT2D eigenvalue weighted by Crippen LogP contribution is 2.34. The molecule has 19 aromatic rings. The molecule has 0 nitrogen and oxygen atoms in total. The third-order valence-electron chi connectivity index (χ3n) is 19.5. The Bertz CT molecular complexity index is 6000. The molecule has 19 aromatic carbocycles. The quantitative estimate of drug-likeness (QED) is 0.154. The Morgan fingerprint density at radius 3 is 1.00 bits per heavy atom. The van der Waals surface area contributed by atoms with Gasteiger partial charge in [-0.25, -0.2) is 0 Å². The molecule has 0 fully saturated rings. The normalized spacial score (nSPS) is 10.6. The lowest BCUT2D eigenvalue weighted by atomic mass is 9.96. The molecule has 0 heteroatoms. The average Bonchev–Trinajstić information content (AvgIpc) is 0.794. The van der Waals surface area contributed by atoms with Gasteiger partial charge in [-0.05, 0) is 214 Å². The van der Waals surface area contributed by atoms with Gasteiger partial charge in [0.15, 0.2) is 0 Å². The van der Waals surface area contributed by atoms with Crippen molar-refractivity contribution in [2.45, 2.75) is 48.5 Å². The highest BCUT2D eigenvalue weighted by Gasteiger charge is 2.08. The van der Waals surface area contributed by atoms with E-state index in [1.165, 1.54) is 170 Å². The fraction of sp³-hybridized carbons (Fsp3) is 0.0667. The molecule has 0 N–H and O–H groups in total. The van der Waals surface area contributed by atoms with Crippen molar-refractivity contribution in [3.63, 3.8) is 0 Å². The summed E-state index contributed by atoms with van der Waals surface area (Å²) in [7, 11) is 0. The minimum absolute atomic E-state index is 1.27. The number of hydrogen-bond acceptors (Lipinski definition) is 0. The first-order valence-corrected chi connectivity index (χ1v) is 36.4. The van der Waals surface area contributed by atoms with Crippen molar-refractivity contribution >= 4 is 86.2 Å². The molecule has 508 valence electrons. The fourth-order valence-electron chi connectivity index (χ4n) is 13.9. The second-order valence-electron chi connectivity index (χ2n) is 27.2. The van der Waals surface area contributed by atoms with Crippen LogP contribution in [0.3, 0.4) is 0 Å². The van der Waals surface area contributed by atoms with Crippen molar-refractivity contribution in [1.82, 2.24) is 0 Å². The van der Waals surface area contributed by atoms with E-state index in [0.29, 0.717) is 0 Å². The Morgan fingerprint density at radius 1 is 0.124 bits per heavy atom. The summed E-state index contributed by atoms with van der Waals surface area (Å²) in [6.07, 6.45) is 0. The van der Waals surface area contributed by atoms with E-state index in [4.69, 9.17) is 0 Å². The molecule has 0 saturated carbocycles. The van der Waals surface area contributed by atoms with Gasteiger partial charge < -0.3 is 0 Å². The van der Waals surface area contributed by atoms with Crippen LogP contribution in [0, 0.1) is 48.5 Å². The molecule has 0 atom stereocenters. The molecule has 0 spiro atoms. The van der Waals surface area contributed by atoms with Crippen molar-refractivity contribution in [2.24, 2.45) is 0 Å². The predicted molar refractivity (Wildman–Crippen MR) is 460 cm³/mol. The van der Waals surface area contributed by atoms with Gasteiger partial charge in [0.25, 0.3) is 0 Å². The fourth-order valence-corrected chi connectivity index (χ4v) is 13.9. The molecule has 0 amide bonds. The molecular weight excluding hydrogens is 1260 g/mol. The van der Waals surface area contributed by atoms with Crippen LogP contribution >= 0.6 is 0 Å². The molecule has 0 aromatic heterocycles. The van der Waals surface area contributed by atoms with Gasteiger partial charge in [0.1, 0.15) is 0 Å². The zero-order valence-corrected chi connectivity index (χ0v) is 61.2. The summed E-state index contributed by atoms with van der Waals surface area (Å²) in [4.78, 5) is 0. The van der Waals surface area contributed by atoms with E-state index in [0.717, 1.165) is 0 Å². The van der Waals surface area contributed by atoms with E-state index < -0.39 is 0 Å². The third-order valence-corrected chi connectivity index (χ3v) is 19.5. The van der Waals surface area contributed by atoms with Crippen LogP contribution in [0.15, 0.2) is 406 Å². The summed E-state index contributed by atoms with van der Waals surface area (Å²) in [5.74, 6) is 0. The van der Waals surface area contributed by atoms with Crippen molar-refractivity contribution in [1.29, 1.82) is 0 Å². The topological polar surface area (TPSA) is 0 Å². The summed E-state index contributed by atoms with van der Waals surface area (Å²) in [6.45, 7) is 15.0. The largest absolute Gasteiger partial charge is 0.0622 e. The maximum atomic E-state index is 2.26. The van der Waals surface area contributed by atoms with E-state index in [-0.39, 0.29) is 0 Å². The van der Waals surface area contributed by atoms with Crippen LogP contribution in [-0.4, -0.2) is 0 Å². The first kappa shape index (κ1) is 70.7. The van der Waals surface area contributed by atoms with E-state index in [1.54, 1.807) is 0 Å². The third kappa shape index (κ3) is 17.8. The van der Waals surface area contributed by atoms with Crippen LogP contribution in [-0.2, 0) is 0 Å². The van der Waals surface area contributed by atoms with Crippen LogP contribution in [0.2, 0.25) is 0 Å². The van der Waals surface area contributed by atoms with Gasteiger partial charge in [-0.2, -0.15) is 0 Å². The standard InChI is InChI=1S/4C17H14.C15H12.2C11H10/c1-13-7-5-12-17-15(13)10-6-11-16(17)14-8-3-2-4-9-14;1-13-11-12-16(14-7-3-2-4-8-14)17-10-6-5-9-15(13)17;1-13-7-8-17-12-16(10-9-15(17)11-13)14-5-3-2-4-6-14;1-13-7-8-15-9-10-16(12-17(15)11-13)14-5-3-2-4-6-14;1-11-10-12-6-2-3-8-14(12)15-9-5-4-7-13(11)15;1-9-5-4-7-10-6-2-3-8-11(9)10;1-9-6-7-10-4-2-3-5-11(10)8-9/h4*2-12H,1H3;2-10H,1H3;2*2-8H,1H3. The maximum Gasteiger partial charge on any atom is -0.0103 e. The zero-order chi connectivity index (χ0) is 72.3. The van der Waals surface area contributed by atoms with Crippen molar-refractivity contribution in [3.05, 3.63) is 445 Å². The minimum Gasteiger partial charge on any atom is -0.0622 e. The number of fused-ring (bicyclic) bond motifs is 9. The molecule has 0 aliphatic heterocycles. The summed E-state index contributed by atoms with van der Waals surface area (Å²) in [5, 5.41) is 21.3.